The zero-order valence-corrected chi connectivity index (χ0v) is 15.8. The second kappa shape index (κ2) is 7.47. The van der Waals surface area contributed by atoms with Crippen molar-refractivity contribution in [1.29, 1.82) is 0 Å². The third-order valence-electron chi connectivity index (χ3n) is 4.03. The number of H-pyrrole nitrogens is 1. The molecule has 1 aliphatic rings. The maximum absolute atomic E-state index is 12.6. The van der Waals surface area contributed by atoms with Crippen molar-refractivity contribution in [2.24, 2.45) is 10.9 Å². The van der Waals surface area contributed by atoms with Crippen LogP contribution in [0.2, 0.25) is 0 Å². The van der Waals surface area contributed by atoms with Crippen molar-refractivity contribution < 1.29 is 21.6 Å². The van der Waals surface area contributed by atoms with E-state index in [1.54, 1.807) is 0 Å². The summed E-state index contributed by atoms with van der Waals surface area (Å²) in [6, 6.07) is 2.73. The van der Waals surface area contributed by atoms with Gasteiger partial charge in [0.1, 0.15) is 4.90 Å². The van der Waals surface area contributed by atoms with Crippen LogP contribution in [0.3, 0.4) is 0 Å². The van der Waals surface area contributed by atoms with E-state index in [1.807, 2.05) is 4.90 Å². The number of sulfonamides is 1. The van der Waals surface area contributed by atoms with Gasteiger partial charge < -0.3 is 15.4 Å². The average molecular weight is 417 g/mol. The molecule has 1 fully saturated rings. The number of rotatable bonds is 6. The Kier molecular flexibility index (Phi) is 5.43. The molecule has 3 rings (SSSR count). The van der Waals surface area contributed by atoms with Crippen LogP contribution in [-0.4, -0.2) is 76.1 Å². The predicted octanol–water partition coefficient (Wildman–Crippen LogP) is -1.92. The summed E-state index contributed by atoms with van der Waals surface area (Å²) in [6.45, 7) is 1.65. The number of ether oxygens (including phenoxy) is 1. The largest absolute Gasteiger partial charge is 0.378 e. The van der Waals surface area contributed by atoms with Crippen LogP contribution in [0.1, 0.15) is 0 Å². The summed E-state index contributed by atoms with van der Waals surface area (Å²) in [5.41, 5.74) is 5.77. The molecule has 0 aliphatic carbocycles. The van der Waals surface area contributed by atoms with Gasteiger partial charge in [0.25, 0.3) is 0 Å². The number of hydrogen-bond acceptors (Lipinski definition) is 10. The number of sulfone groups is 1. The minimum absolute atomic E-state index is 0.0220. The molecule has 0 saturated carbocycles. The molecule has 0 spiro atoms. The topological polar surface area (TPSA) is 187 Å². The molecule has 0 amide bonds. The van der Waals surface area contributed by atoms with Crippen LogP contribution in [0.15, 0.2) is 21.9 Å². The molecule has 5 N–H and O–H groups in total. The summed E-state index contributed by atoms with van der Waals surface area (Å²) in [5, 5.41) is 18.8. The second-order valence-corrected chi connectivity index (χ2v) is 9.35. The highest BCUT2D eigenvalue weighted by molar-refractivity contribution is 7.93. The number of nitrogens with zero attached hydrogens (tertiary/aromatic N) is 4. The van der Waals surface area contributed by atoms with E-state index in [4.69, 9.17) is 15.6 Å². The fourth-order valence-corrected chi connectivity index (χ4v) is 5.65. The summed E-state index contributed by atoms with van der Waals surface area (Å²) >= 11 is 0. The molecular weight excluding hydrogens is 398 g/mol. The number of nitrogens with one attached hydrogen (secondary N) is 1. The Labute approximate surface area is 155 Å². The first kappa shape index (κ1) is 19.6. The Bertz CT molecular complexity index is 1020. The highest BCUT2D eigenvalue weighted by Gasteiger charge is 2.33. The smallest absolute Gasteiger partial charge is 0.240 e. The van der Waals surface area contributed by atoms with Crippen LogP contribution in [0.25, 0.3) is 11.4 Å². The molecule has 2 aromatic rings. The van der Waals surface area contributed by atoms with E-state index >= 15 is 0 Å². The van der Waals surface area contributed by atoms with Gasteiger partial charge in [-0.1, -0.05) is 0 Å². The van der Waals surface area contributed by atoms with Gasteiger partial charge in [0.05, 0.1) is 29.4 Å². The van der Waals surface area contributed by atoms with Gasteiger partial charge in [-0.15, -0.1) is 10.2 Å². The van der Waals surface area contributed by atoms with E-state index in [-0.39, 0.29) is 17.9 Å². The van der Waals surface area contributed by atoms with Gasteiger partial charge in [-0.05, 0) is 17.3 Å². The van der Waals surface area contributed by atoms with Crippen LogP contribution in [-0.2, 0) is 24.6 Å². The first-order valence-electron chi connectivity index (χ1n) is 7.95. The Morgan fingerprint density at radius 1 is 1.19 bits per heavy atom. The standard InChI is InChI=1S/C13H19N7O5S2/c14-3-8-26(21,22)10-2-1-9(20-4-6-25-7-5-20)11(12(10)27(15,23)24)13-16-18-19-17-13/h1-2H,3-8,14H2,(H2,15,23,24)(H,16,17,18,19). The van der Waals surface area contributed by atoms with Gasteiger partial charge in [-0.2, -0.15) is 5.21 Å². The van der Waals surface area contributed by atoms with Crippen molar-refractivity contribution in [3.63, 3.8) is 0 Å². The molecule has 27 heavy (non-hydrogen) atoms. The van der Waals surface area contributed by atoms with E-state index in [0.29, 0.717) is 32.0 Å². The highest BCUT2D eigenvalue weighted by atomic mass is 32.2. The van der Waals surface area contributed by atoms with Gasteiger partial charge in [0.2, 0.25) is 15.8 Å². The van der Waals surface area contributed by atoms with Crippen molar-refractivity contribution in [3.8, 4) is 11.4 Å². The molecule has 1 aromatic heterocycles. The van der Waals surface area contributed by atoms with Gasteiger partial charge in [-0.3, -0.25) is 0 Å². The molecule has 148 valence electrons. The van der Waals surface area contributed by atoms with E-state index < -0.39 is 35.4 Å². The SMILES string of the molecule is NCCS(=O)(=O)c1ccc(N2CCOCC2)c(-c2nn[nH]n2)c1S(N)(=O)=O. The van der Waals surface area contributed by atoms with Crippen molar-refractivity contribution in [3.05, 3.63) is 12.1 Å². The third kappa shape index (κ3) is 3.93. The van der Waals surface area contributed by atoms with Crippen LogP contribution in [0.4, 0.5) is 5.69 Å². The zero-order chi connectivity index (χ0) is 19.7. The maximum Gasteiger partial charge on any atom is 0.240 e. The monoisotopic (exact) mass is 417 g/mol. The Morgan fingerprint density at radius 3 is 2.44 bits per heavy atom. The average Bonchev–Trinajstić information content (AvgIpc) is 3.15. The number of aromatic amines is 1. The summed E-state index contributed by atoms with van der Waals surface area (Å²) in [7, 11) is -8.45. The van der Waals surface area contributed by atoms with Crippen LogP contribution in [0, 0.1) is 0 Å². The fourth-order valence-electron chi connectivity index (χ4n) is 2.90. The van der Waals surface area contributed by atoms with Gasteiger partial charge >= 0.3 is 0 Å². The van der Waals surface area contributed by atoms with Crippen molar-refractivity contribution in [2.75, 3.05) is 43.5 Å². The zero-order valence-electron chi connectivity index (χ0n) is 14.2. The third-order valence-corrected chi connectivity index (χ3v) is 6.93. The minimum Gasteiger partial charge on any atom is -0.378 e. The fraction of sp³-hybridized carbons (Fsp3) is 0.462. The minimum atomic E-state index is -4.45. The lowest BCUT2D eigenvalue weighted by Crippen LogP contribution is -2.37. The number of morpholine rings is 1. The predicted molar refractivity (Wildman–Crippen MR) is 95.1 cm³/mol. The molecular formula is C13H19N7O5S2. The number of hydrogen-bond donors (Lipinski definition) is 3. The Hall–Kier alpha value is -2.13. The van der Waals surface area contributed by atoms with Crippen molar-refractivity contribution in [2.45, 2.75) is 9.79 Å². The number of benzene rings is 1. The lowest BCUT2D eigenvalue weighted by molar-refractivity contribution is 0.122. The lowest BCUT2D eigenvalue weighted by Gasteiger charge is -2.31. The molecule has 2 heterocycles. The summed E-state index contributed by atoms with van der Waals surface area (Å²) in [5.74, 6) is -0.511. The van der Waals surface area contributed by atoms with Gasteiger partial charge in [0, 0.05) is 25.3 Å². The van der Waals surface area contributed by atoms with E-state index in [0.717, 1.165) is 0 Å². The molecule has 1 aromatic carbocycles. The van der Waals surface area contributed by atoms with E-state index in [1.165, 1.54) is 12.1 Å². The van der Waals surface area contributed by atoms with Crippen molar-refractivity contribution in [1.82, 2.24) is 20.6 Å². The Morgan fingerprint density at radius 2 is 1.89 bits per heavy atom. The summed E-state index contributed by atoms with van der Waals surface area (Å²) in [4.78, 5) is 0.844. The number of primary sulfonamides is 1. The number of aromatic nitrogens is 4. The molecule has 0 radical (unpaired) electrons. The first-order chi connectivity index (χ1) is 12.8. The number of anilines is 1. The lowest BCUT2D eigenvalue weighted by atomic mass is 10.1. The molecule has 0 bridgehead atoms. The summed E-state index contributed by atoms with van der Waals surface area (Å²) < 4.78 is 55.4. The quantitative estimate of drug-likeness (QED) is 0.478. The first-order valence-corrected chi connectivity index (χ1v) is 11.1. The molecule has 12 nitrogen and oxygen atoms in total. The normalized spacial score (nSPS) is 15.9. The molecule has 0 unspecified atom stereocenters. The van der Waals surface area contributed by atoms with Crippen molar-refractivity contribution >= 4 is 25.5 Å². The van der Waals surface area contributed by atoms with E-state index in [9.17, 15) is 16.8 Å². The summed E-state index contributed by atoms with van der Waals surface area (Å²) in [6.07, 6.45) is 0. The molecule has 1 saturated heterocycles. The molecule has 14 heteroatoms. The van der Waals surface area contributed by atoms with Crippen LogP contribution >= 0.6 is 0 Å². The van der Waals surface area contributed by atoms with E-state index in [2.05, 4.69) is 20.6 Å². The van der Waals surface area contributed by atoms with Gasteiger partial charge in [0.15, 0.2) is 9.84 Å². The van der Waals surface area contributed by atoms with Gasteiger partial charge in [-0.25, -0.2) is 22.0 Å². The maximum atomic E-state index is 12.6. The van der Waals surface area contributed by atoms with Crippen LogP contribution in [0.5, 0.6) is 0 Å². The molecule has 1 aliphatic heterocycles. The molecule has 0 atom stereocenters. The Balaban J connectivity index is 2.36. The highest BCUT2D eigenvalue weighted by Crippen LogP contribution is 2.38. The number of tetrazole rings is 1. The van der Waals surface area contributed by atoms with Crippen LogP contribution < -0.4 is 15.8 Å². The number of nitrogens with two attached hydrogens (primary N) is 2. The second-order valence-electron chi connectivity index (χ2n) is 5.77.